The van der Waals surface area contributed by atoms with Gasteiger partial charge in [0.15, 0.2) is 0 Å². The third-order valence-electron chi connectivity index (χ3n) is 3.31. The second-order valence-electron chi connectivity index (χ2n) is 4.87. The molecule has 1 aromatic carbocycles. The van der Waals surface area contributed by atoms with Crippen molar-refractivity contribution in [3.8, 4) is 5.75 Å². The standard InChI is InChI=1S/C16H26N2O/c1-7-18(11-12(2)3)14-9-8-10-15(19-6)16(14)13(4)17-5/h8-10,13,17H,2,7,11H2,1,3-6H3. The van der Waals surface area contributed by atoms with E-state index in [4.69, 9.17) is 4.74 Å². The Hall–Kier alpha value is -1.48. The van der Waals surface area contributed by atoms with Crippen LogP contribution in [0.25, 0.3) is 0 Å². The minimum absolute atomic E-state index is 0.241. The summed E-state index contributed by atoms with van der Waals surface area (Å²) >= 11 is 0. The fourth-order valence-corrected chi connectivity index (χ4v) is 2.26. The van der Waals surface area contributed by atoms with Gasteiger partial charge in [-0.15, -0.1) is 0 Å². The van der Waals surface area contributed by atoms with E-state index < -0.39 is 0 Å². The number of hydrogen-bond donors (Lipinski definition) is 1. The van der Waals surface area contributed by atoms with Crippen molar-refractivity contribution in [2.75, 3.05) is 32.1 Å². The number of ether oxygens (including phenoxy) is 1. The maximum atomic E-state index is 5.52. The molecule has 0 amide bonds. The Kier molecular flexibility index (Phi) is 5.90. The van der Waals surface area contributed by atoms with Gasteiger partial charge in [0, 0.05) is 30.4 Å². The normalized spacial score (nSPS) is 12.1. The Morgan fingerprint density at radius 1 is 1.47 bits per heavy atom. The highest BCUT2D eigenvalue weighted by molar-refractivity contribution is 5.61. The zero-order chi connectivity index (χ0) is 14.4. The Labute approximate surface area is 117 Å². The van der Waals surface area contributed by atoms with E-state index in [0.717, 1.165) is 24.4 Å². The maximum absolute atomic E-state index is 5.52. The van der Waals surface area contributed by atoms with Crippen LogP contribution in [0.3, 0.4) is 0 Å². The number of anilines is 1. The van der Waals surface area contributed by atoms with Crippen molar-refractivity contribution in [3.63, 3.8) is 0 Å². The number of benzene rings is 1. The van der Waals surface area contributed by atoms with Crippen molar-refractivity contribution < 1.29 is 4.74 Å². The molecule has 0 saturated heterocycles. The molecule has 0 radical (unpaired) electrons. The van der Waals surface area contributed by atoms with Crippen LogP contribution >= 0.6 is 0 Å². The highest BCUT2D eigenvalue weighted by Gasteiger charge is 2.18. The van der Waals surface area contributed by atoms with Gasteiger partial charge in [-0.25, -0.2) is 0 Å². The van der Waals surface area contributed by atoms with Crippen LogP contribution in [-0.4, -0.2) is 27.2 Å². The lowest BCUT2D eigenvalue weighted by Crippen LogP contribution is -2.27. The van der Waals surface area contributed by atoms with E-state index in [-0.39, 0.29) is 6.04 Å². The fourth-order valence-electron chi connectivity index (χ4n) is 2.26. The van der Waals surface area contributed by atoms with Gasteiger partial charge in [0.25, 0.3) is 0 Å². The SMILES string of the molecule is C=C(C)CN(CC)c1cccc(OC)c1C(C)NC. The molecule has 0 aromatic heterocycles. The Balaban J connectivity index is 3.27. The van der Waals surface area contributed by atoms with Crippen LogP contribution < -0.4 is 15.0 Å². The van der Waals surface area contributed by atoms with Gasteiger partial charge in [0.2, 0.25) is 0 Å². The molecule has 1 aromatic rings. The Morgan fingerprint density at radius 3 is 2.63 bits per heavy atom. The van der Waals surface area contributed by atoms with Crippen molar-refractivity contribution in [3.05, 3.63) is 35.9 Å². The number of methoxy groups -OCH3 is 1. The van der Waals surface area contributed by atoms with Gasteiger partial charge in [-0.3, -0.25) is 0 Å². The first-order valence-electron chi connectivity index (χ1n) is 6.78. The van der Waals surface area contributed by atoms with Crippen LogP contribution in [0.15, 0.2) is 30.4 Å². The minimum Gasteiger partial charge on any atom is -0.496 e. The molecule has 0 aliphatic carbocycles. The average Bonchev–Trinajstić information content (AvgIpc) is 2.42. The summed E-state index contributed by atoms with van der Waals surface area (Å²) in [5, 5.41) is 3.30. The third-order valence-corrected chi connectivity index (χ3v) is 3.31. The molecule has 0 aliphatic heterocycles. The van der Waals surface area contributed by atoms with Crippen LogP contribution in [0.1, 0.15) is 32.4 Å². The molecule has 0 fully saturated rings. The molecule has 1 rings (SSSR count). The van der Waals surface area contributed by atoms with Gasteiger partial charge in [-0.1, -0.05) is 18.2 Å². The van der Waals surface area contributed by atoms with Gasteiger partial charge in [-0.05, 0) is 40.0 Å². The van der Waals surface area contributed by atoms with Crippen molar-refractivity contribution in [1.29, 1.82) is 0 Å². The predicted molar refractivity (Wildman–Crippen MR) is 83.2 cm³/mol. The molecular weight excluding hydrogens is 236 g/mol. The molecule has 3 heteroatoms. The molecule has 0 saturated carbocycles. The van der Waals surface area contributed by atoms with Crippen LogP contribution in [0.2, 0.25) is 0 Å². The zero-order valence-electron chi connectivity index (χ0n) is 12.8. The fraction of sp³-hybridized carbons (Fsp3) is 0.500. The summed E-state index contributed by atoms with van der Waals surface area (Å²) in [6, 6.07) is 6.45. The largest absolute Gasteiger partial charge is 0.496 e. The summed E-state index contributed by atoms with van der Waals surface area (Å²) in [5.74, 6) is 0.930. The molecule has 0 spiro atoms. The Morgan fingerprint density at radius 2 is 2.16 bits per heavy atom. The van der Waals surface area contributed by atoms with Crippen LogP contribution in [-0.2, 0) is 0 Å². The van der Waals surface area contributed by atoms with E-state index in [1.165, 1.54) is 11.3 Å². The summed E-state index contributed by atoms with van der Waals surface area (Å²) in [5.41, 5.74) is 3.58. The molecule has 3 nitrogen and oxygen atoms in total. The summed E-state index contributed by atoms with van der Waals surface area (Å²) in [7, 11) is 3.69. The minimum atomic E-state index is 0.241. The zero-order valence-corrected chi connectivity index (χ0v) is 12.8. The Bertz CT molecular complexity index is 429. The molecular formula is C16H26N2O. The van der Waals surface area contributed by atoms with Gasteiger partial charge in [0.1, 0.15) is 5.75 Å². The molecule has 106 valence electrons. The van der Waals surface area contributed by atoms with Crippen LogP contribution in [0.5, 0.6) is 5.75 Å². The van der Waals surface area contributed by atoms with Crippen molar-refractivity contribution in [2.45, 2.75) is 26.8 Å². The number of nitrogens with zero attached hydrogens (tertiary/aromatic N) is 1. The molecule has 19 heavy (non-hydrogen) atoms. The predicted octanol–water partition coefficient (Wildman–Crippen LogP) is 3.38. The first-order chi connectivity index (χ1) is 9.04. The summed E-state index contributed by atoms with van der Waals surface area (Å²) in [6.45, 7) is 12.2. The smallest absolute Gasteiger partial charge is 0.125 e. The van der Waals surface area contributed by atoms with Gasteiger partial charge in [-0.2, -0.15) is 0 Å². The highest BCUT2D eigenvalue weighted by atomic mass is 16.5. The quantitative estimate of drug-likeness (QED) is 0.762. The molecule has 0 bridgehead atoms. The third kappa shape index (κ3) is 3.74. The van der Waals surface area contributed by atoms with E-state index >= 15 is 0 Å². The molecule has 1 unspecified atom stereocenters. The highest BCUT2D eigenvalue weighted by Crippen LogP contribution is 2.34. The average molecular weight is 262 g/mol. The van der Waals surface area contributed by atoms with Gasteiger partial charge >= 0.3 is 0 Å². The first-order valence-corrected chi connectivity index (χ1v) is 6.78. The summed E-state index contributed by atoms with van der Waals surface area (Å²) < 4.78 is 5.52. The van der Waals surface area contributed by atoms with E-state index in [0.29, 0.717) is 0 Å². The van der Waals surface area contributed by atoms with E-state index in [1.54, 1.807) is 7.11 Å². The van der Waals surface area contributed by atoms with Gasteiger partial charge < -0.3 is 15.0 Å². The number of rotatable bonds is 7. The first kappa shape index (κ1) is 15.6. The lowest BCUT2D eigenvalue weighted by atomic mass is 10.0. The van der Waals surface area contributed by atoms with E-state index in [2.05, 4.69) is 43.6 Å². The van der Waals surface area contributed by atoms with Crippen LogP contribution in [0, 0.1) is 0 Å². The number of nitrogens with one attached hydrogen (secondary N) is 1. The van der Waals surface area contributed by atoms with Gasteiger partial charge in [0.05, 0.1) is 7.11 Å². The molecule has 0 heterocycles. The summed E-state index contributed by atoms with van der Waals surface area (Å²) in [6.07, 6.45) is 0. The lowest BCUT2D eigenvalue weighted by Gasteiger charge is -2.29. The van der Waals surface area contributed by atoms with E-state index in [9.17, 15) is 0 Å². The number of likely N-dealkylation sites (N-methyl/N-ethyl adjacent to an activating group) is 1. The molecule has 1 N–H and O–H groups in total. The second-order valence-corrected chi connectivity index (χ2v) is 4.87. The summed E-state index contributed by atoms with van der Waals surface area (Å²) in [4.78, 5) is 2.33. The monoisotopic (exact) mass is 262 g/mol. The number of hydrogen-bond acceptors (Lipinski definition) is 3. The van der Waals surface area contributed by atoms with Crippen molar-refractivity contribution in [2.24, 2.45) is 0 Å². The van der Waals surface area contributed by atoms with Crippen LogP contribution in [0.4, 0.5) is 5.69 Å². The lowest BCUT2D eigenvalue weighted by molar-refractivity contribution is 0.404. The van der Waals surface area contributed by atoms with Crippen molar-refractivity contribution in [1.82, 2.24) is 5.32 Å². The maximum Gasteiger partial charge on any atom is 0.125 e. The topological polar surface area (TPSA) is 24.5 Å². The second kappa shape index (κ2) is 7.19. The molecule has 1 atom stereocenters. The van der Waals surface area contributed by atoms with Crippen molar-refractivity contribution >= 4 is 5.69 Å². The van der Waals surface area contributed by atoms with E-state index in [1.807, 2.05) is 19.2 Å². The molecule has 0 aliphatic rings.